The number of carbonyl (C=O) groups is 1. The number of hydrogen-bond acceptors (Lipinski definition) is 4. The third-order valence-electron chi connectivity index (χ3n) is 3.59. The molecule has 1 aromatic heterocycles. The minimum absolute atomic E-state index is 0.327. The second kappa shape index (κ2) is 5.82. The molecule has 0 bridgehead atoms. The molecule has 0 radical (unpaired) electrons. The third kappa shape index (κ3) is 2.79. The van der Waals surface area contributed by atoms with Crippen molar-refractivity contribution in [2.45, 2.75) is 19.3 Å². The van der Waals surface area contributed by atoms with E-state index >= 15 is 0 Å². The van der Waals surface area contributed by atoms with Crippen LogP contribution in [-0.4, -0.2) is 24.0 Å². The first-order valence-electron chi connectivity index (χ1n) is 6.30. The lowest BCUT2D eigenvalue weighted by Crippen LogP contribution is -2.24. The summed E-state index contributed by atoms with van der Waals surface area (Å²) in [5, 5.41) is 0. The third-order valence-corrected chi connectivity index (χ3v) is 3.59. The highest BCUT2D eigenvalue weighted by molar-refractivity contribution is 5.94. The van der Waals surface area contributed by atoms with Crippen molar-refractivity contribution in [2.24, 2.45) is 23.3 Å². The summed E-state index contributed by atoms with van der Waals surface area (Å²) in [4.78, 5) is 15.3. The zero-order valence-corrected chi connectivity index (χ0v) is 10.3. The van der Waals surface area contributed by atoms with Crippen molar-refractivity contribution in [3.8, 4) is 5.88 Å². The largest absolute Gasteiger partial charge is 0.477 e. The van der Waals surface area contributed by atoms with E-state index in [9.17, 15) is 4.79 Å². The average molecular weight is 249 g/mol. The molecule has 1 aromatic rings. The molecule has 0 aliphatic heterocycles. The number of rotatable bonds is 5. The summed E-state index contributed by atoms with van der Waals surface area (Å²) in [6.45, 7) is 1.25. The van der Waals surface area contributed by atoms with Crippen LogP contribution in [0.5, 0.6) is 5.88 Å². The molecule has 18 heavy (non-hydrogen) atoms. The highest BCUT2D eigenvalue weighted by Gasteiger charge is 2.27. The van der Waals surface area contributed by atoms with Crippen LogP contribution in [0.3, 0.4) is 0 Å². The summed E-state index contributed by atoms with van der Waals surface area (Å²) in [5.41, 5.74) is 11.3. The van der Waals surface area contributed by atoms with Crippen LogP contribution in [0.1, 0.15) is 29.6 Å². The molecule has 0 spiro atoms. The fourth-order valence-corrected chi connectivity index (χ4v) is 2.52. The molecule has 1 amide bonds. The predicted octanol–water partition coefficient (Wildman–Crippen LogP) is 0.934. The van der Waals surface area contributed by atoms with Gasteiger partial charge in [0.1, 0.15) is 5.56 Å². The van der Waals surface area contributed by atoms with E-state index in [1.165, 1.54) is 6.42 Å². The van der Waals surface area contributed by atoms with Crippen molar-refractivity contribution in [1.82, 2.24) is 4.98 Å². The number of nitrogens with two attached hydrogens (primary N) is 2. The van der Waals surface area contributed by atoms with E-state index in [2.05, 4.69) is 4.98 Å². The van der Waals surface area contributed by atoms with E-state index in [4.69, 9.17) is 16.2 Å². The zero-order valence-electron chi connectivity index (χ0n) is 10.3. The second-order valence-electron chi connectivity index (χ2n) is 4.72. The molecule has 4 N–H and O–H groups in total. The summed E-state index contributed by atoms with van der Waals surface area (Å²) in [5.74, 6) is 0.788. The van der Waals surface area contributed by atoms with E-state index in [-0.39, 0.29) is 0 Å². The second-order valence-corrected chi connectivity index (χ2v) is 4.72. The Labute approximate surface area is 107 Å². The molecule has 1 saturated carbocycles. The van der Waals surface area contributed by atoms with E-state index in [0.717, 1.165) is 12.8 Å². The Morgan fingerprint density at radius 3 is 2.94 bits per heavy atom. The van der Waals surface area contributed by atoms with Crippen LogP contribution in [0.4, 0.5) is 0 Å². The Morgan fingerprint density at radius 1 is 1.44 bits per heavy atom. The fourth-order valence-electron chi connectivity index (χ4n) is 2.52. The number of hydrogen-bond donors (Lipinski definition) is 2. The maximum atomic E-state index is 11.2. The lowest BCUT2D eigenvalue weighted by molar-refractivity contribution is 0.0993. The Morgan fingerprint density at radius 2 is 2.22 bits per heavy atom. The summed E-state index contributed by atoms with van der Waals surface area (Å²) in [6, 6.07) is 3.30. The molecule has 1 heterocycles. The number of pyridine rings is 1. The van der Waals surface area contributed by atoms with E-state index in [1.807, 2.05) is 0 Å². The standard InChI is InChI=1S/C13H19N3O2/c14-7-9-3-1-4-10(9)8-18-13-11(12(15)17)5-2-6-16-13/h2,5-6,9-10H,1,3-4,7-8,14H2,(H2,15,17). The molecular formula is C13H19N3O2. The quantitative estimate of drug-likeness (QED) is 0.812. The predicted molar refractivity (Wildman–Crippen MR) is 68.1 cm³/mol. The van der Waals surface area contributed by atoms with Crippen molar-refractivity contribution < 1.29 is 9.53 Å². The van der Waals surface area contributed by atoms with Gasteiger partial charge in [-0.15, -0.1) is 0 Å². The smallest absolute Gasteiger partial charge is 0.254 e. The molecule has 5 heteroatoms. The first-order valence-corrected chi connectivity index (χ1v) is 6.30. The molecule has 98 valence electrons. The topological polar surface area (TPSA) is 91.2 Å². The number of aromatic nitrogens is 1. The Hall–Kier alpha value is -1.62. The van der Waals surface area contributed by atoms with Crippen molar-refractivity contribution in [1.29, 1.82) is 0 Å². The number of ether oxygens (including phenoxy) is 1. The van der Waals surface area contributed by atoms with E-state index < -0.39 is 5.91 Å². The molecular weight excluding hydrogens is 230 g/mol. The molecule has 1 aliphatic rings. The zero-order chi connectivity index (χ0) is 13.0. The van der Waals surface area contributed by atoms with Crippen LogP contribution in [0.25, 0.3) is 0 Å². The van der Waals surface area contributed by atoms with Gasteiger partial charge in [0.2, 0.25) is 5.88 Å². The molecule has 0 saturated heterocycles. The number of nitrogens with zero attached hydrogens (tertiary/aromatic N) is 1. The maximum Gasteiger partial charge on any atom is 0.254 e. The monoisotopic (exact) mass is 249 g/mol. The van der Waals surface area contributed by atoms with Crippen LogP contribution in [-0.2, 0) is 0 Å². The van der Waals surface area contributed by atoms with Gasteiger partial charge in [-0.05, 0) is 43.4 Å². The van der Waals surface area contributed by atoms with Crippen LogP contribution in [0, 0.1) is 11.8 Å². The molecule has 1 fully saturated rings. The Kier molecular flexibility index (Phi) is 4.15. The molecule has 0 aromatic carbocycles. The van der Waals surface area contributed by atoms with Crippen LogP contribution in [0.2, 0.25) is 0 Å². The average Bonchev–Trinajstić information content (AvgIpc) is 2.84. The first kappa shape index (κ1) is 12.8. The van der Waals surface area contributed by atoms with Gasteiger partial charge in [0.25, 0.3) is 5.91 Å². The van der Waals surface area contributed by atoms with Gasteiger partial charge in [0.15, 0.2) is 0 Å². The molecule has 1 aliphatic carbocycles. The number of amides is 1. The van der Waals surface area contributed by atoms with Crippen LogP contribution in [0.15, 0.2) is 18.3 Å². The Balaban J connectivity index is 2.00. The van der Waals surface area contributed by atoms with Crippen LogP contribution < -0.4 is 16.2 Å². The molecule has 5 nitrogen and oxygen atoms in total. The normalized spacial score (nSPS) is 22.9. The summed E-state index contributed by atoms with van der Waals surface area (Å²) in [6.07, 6.45) is 5.08. The summed E-state index contributed by atoms with van der Waals surface area (Å²) in [7, 11) is 0. The summed E-state index contributed by atoms with van der Waals surface area (Å²) < 4.78 is 5.65. The number of carbonyl (C=O) groups excluding carboxylic acids is 1. The van der Waals surface area contributed by atoms with Gasteiger partial charge in [-0.1, -0.05) is 6.42 Å². The van der Waals surface area contributed by atoms with Gasteiger partial charge in [0.05, 0.1) is 6.61 Å². The van der Waals surface area contributed by atoms with Crippen LogP contribution >= 0.6 is 0 Å². The molecule has 2 rings (SSSR count). The first-order chi connectivity index (χ1) is 8.72. The highest BCUT2D eigenvalue weighted by Crippen LogP contribution is 2.31. The van der Waals surface area contributed by atoms with Gasteiger partial charge >= 0.3 is 0 Å². The molecule has 2 atom stereocenters. The fraction of sp³-hybridized carbons (Fsp3) is 0.538. The molecule has 2 unspecified atom stereocenters. The van der Waals surface area contributed by atoms with Crippen molar-refractivity contribution in [3.63, 3.8) is 0 Å². The van der Waals surface area contributed by atoms with Crippen molar-refractivity contribution >= 4 is 5.91 Å². The summed E-state index contributed by atoms with van der Waals surface area (Å²) >= 11 is 0. The van der Waals surface area contributed by atoms with Crippen molar-refractivity contribution in [2.75, 3.05) is 13.2 Å². The minimum atomic E-state index is -0.514. The van der Waals surface area contributed by atoms with E-state index in [0.29, 0.717) is 36.4 Å². The lowest BCUT2D eigenvalue weighted by atomic mass is 9.97. The van der Waals surface area contributed by atoms with Crippen molar-refractivity contribution in [3.05, 3.63) is 23.9 Å². The number of primary amides is 1. The SMILES string of the molecule is NCC1CCCC1COc1ncccc1C(N)=O. The lowest BCUT2D eigenvalue weighted by Gasteiger charge is -2.18. The Bertz CT molecular complexity index is 422. The van der Waals surface area contributed by atoms with E-state index in [1.54, 1.807) is 18.3 Å². The maximum absolute atomic E-state index is 11.2. The van der Waals surface area contributed by atoms with Gasteiger partial charge in [-0.2, -0.15) is 0 Å². The minimum Gasteiger partial charge on any atom is -0.477 e. The highest BCUT2D eigenvalue weighted by atomic mass is 16.5. The van der Waals surface area contributed by atoms with Gasteiger partial charge in [0, 0.05) is 6.20 Å². The van der Waals surface area contributed by atoms with Gasteiger partial charge in [-0.25, -0.2) is 4.98 Å². The van der Waals surface area contributed by atoms with Gasteiger partial charge in [-0.3, -0.25) is 4.79 Å². The van der Waals surface area contributed by atoms with Gasteiger partial charge < -0.3 is 16.2 Å².